The topological polar surface area (TPSA) is 92.6 Å². The Morgan fingerprint density at radius 2 is 1.95 bits per heavy atom. The summed E-state index contributed by atoms with van der Waals surface area (Å²) >= 11 is 14.7. The minimum atomic E-state index is -1.25. The van der Waals surface area contributed by atoms with Crippen molar-refractivity contribution >= 4 is 68.9 Å². The number of aromatic nitrogens is 2. The molecule has 0 bridgehead atoms. The number of benzene rings is 3. The van der Waals surface area contributed by atoms with Gasteiger partial charge in [-0.2, -0.15) is 0 Å². The molecule has 2 aliphatic heterocycles. The molecule has 2 unspecified atom stereocenters. The van der Waals surface area contributed by atoms with E-state index in [1.807, 2.05) is 13.0 Å². The molecular weight excluding hydrogens is 608 g/mol. The van der Waals surface area contributed by atoms with Crippen LogP contribution in [0.3, 0.4) is 0 Å². The number of aliphatic hydroxyl groups excluding tert-OH is 1. The Bertz CT molecular complexity index is 1740. The molecule has 2 atom stereocenters. The third kappa shape index (κ3) is 5.21. The van der Waals surface area contributed by atoms with Crippen LogP contribution in [0.25, 0.3) is 5.76 Å². The lowest BCUT2D eigenvalue weighted by Crippen LogP contribution is -2.29. The van der Waals surface area contributed by atoms with Gasteiger partial charge in [0.25, 0.3) is 5.78 Å². The molecule has 0 aliphatic carbocycles. The minimum absolute atomic E-state index is 0.0217. The monoisotopic (exact) mass is 627 g/mol. The Kier molecular flexibility index (Phi) is 7.50. The highest BCUT2D eigenvalue weighted by molar-refractivity contribution is 8.00. The van der Waals surface area contributed by atoms with E-state index in [-0.39, 0.29) is 22.4 Å². The second-order valence-electron chi connectivity index (χ2n) is 9.52. The maximum Gasteiger partial charge on any atom is 0.301 e. The van der Waals surface area contributed by atoms with Crippen molar-refractivity contribution in [3.05, 3.63) is 104 Å². The minimum Gasteiger partial charge on any atom is -0.507 e. The first-order valence-corrected chi connectivity index (χ1v) is 15.0. The van der Waals surface area contributed by atoms with Crippen molar-refractivity contribution in [2.45, 2.75) is 35.6 Å². The number of ether oxygens (including phenoxy) is 1. The first-order chi connectivity index (χ1) is 19.7. The summed E-state index contributed by atoms with van der Waals surface area (Å²) in [6.07, 6.45) is 0.611. The molecule has 7 nitrogen and oxygen atoms in total. The molecule has 1 aromatic heterocycles. The molecular formula is C29H20Cl2FN3O4S2. The first kappa shape index (κ1) is 27.7. The van der Waals surface area contributed by atoms with E-state index in [4.69, 9.17) is 27.9 Å². The molecule has 1 amide bonds. The lowest BCUT2D eigenvalue weighted by atomic mass is 9.94. The Hall–Kier alpha value is -3.44. The molecule has 2 aliphatic rings. The quantitative estimate of drug-likeness (QED) is 0.0792. The molecule has 6 rings (SSSR count). The Morgan fingerprint density at radius 3 is 2.73 bits per heavy atom. The van der Waals surface area contributed by atoms with Crippen LogP contribution in [-0.2, 0) is 21.8 Å². The summed E-state index contributed by atoms with van der Waals surface area (Å²) in [5.74, 6) is -1.77. The molecule has 0 radical (unpaired) electrons. The number of carbonyl (C=O) groups excluding carboxylic acids is 2. The van der Waals surface area contributed by atoms with E-state index < -0.39 is 29.3 Å². The zero-order valence-electron chi connectivity index (χ0n) is 21.3. The highest BCUT2D eigenvalue weighted by Crippen LogP contribution is 2.45. The predicted molar refractivity (Wildman–Crippen MR) is 157 cm³/mol. The maximum absolute atomic E-state index is 15.2. The predicted octanol–water partition coefficient (Wildman–Crippen LogP) is 7.23. The van der Waals surface area contributed by atoms with E-state index >= 15 is 4.39 Å². The van der Waals surface area contributed by atoms with Crippen LogP contribution in [0.4, 0.5) is 9.52 Å². The number of hydrogen-bond donors (Lipinski definition) is 1. The van der Waals surface area contributed by atoms with Crippen LogP contribution < -0.4 is 9.64 Å². The van der Waals surface area contributed by atoms with Crippen LogP contribution >= 0.6 is 46.3 Å². The van der Waals surface area contributed by atoms with Crippen molar-refractivity contribution in [3.8, 4) is 5.75 Å². The standard InChI is InChI=1S/C29H20Cl2FN3O4S2/c1-14-10-17-11-15(7-9-22(17)39-14)25(36)23-24(19-4-2-3-5-21(19)32)35(27(38)26(23)37)28-33-34-29(41-28)40-13-16-6-8-18(30)12-20(16)31/h2-9,11-12,14,24,36H,10,13H2,1H3/b25-23+. The van der Waals surface area contributed by atoms with Gasteiger partial charge in [-0.25, -0.2) is 4.39 Å². The van der Waals surface area contributed by atoms with E-state index in [9.17, 15) is 14.7 Å². The zero-order chi connectivity index (χ0) is 28.8. The average molecular weight is 629 g/mol. The lowest BCUT2D eigenvalue weighted by molar-refractivity contribution is -0.132. The summed E-state index contributed by atoms with van der Waals surface area (Å²) in [6.45, 7) is 1.93. The van der Waals surface area contributed by atoms with Gasteiger partial charge in [-0.1, -0.05) is 70.6 Å². The van der Waals surface area contributed by atoms with Crippen molar-refractivity contribution in [1.29, 1.82) is 0 Å². The van der Waals surface area contributed by atoms with E-state index in [1.54, 1.807) is 36.4 Å². The molecule has 3 heterocycles. The second-order valence-corrected chi connectivity index (χ2v) is 12.5. The molecule has 4 aromatic rings. The number of rotatable bonds is 6. The number of thioether (sulfide) groups is 1. The zero-order valence-corrected chi connectivity index (χ0v) is 24.5. The second kappa shape index (κ2) is 11.1. The number of fused-ring (bicyclic) bond motifs is 1. The van der Waals surface area contributed by atoms with Gasteiger partial charge in [-0.3, -0.25) is 14.5 Å². The van der Waals surface area contributed by atoms with Gasteiger partial charge < -0.3 is 9.84 Å². The highest BCUT2D eigenvalue weighted by atomic mass is 35.5. The number of anilines is 1. The molecule has 1 saturated heterocycles. The van der Waals surface area contributed by atoms with E-state index in [0.29, 0.717) is 37.9 Å². The van der Waals surface area contributed by atoms with Crippen LogP contribution in [0, 0.1) is 5.82 Å². The Morgan fingerprint density at radius 1 is 1.15 bits per heavy atom. The number of ketones is 1. The average Bonchev–Trinajstić information content (AvgIpc) is 3.63. The SMILES string of the molecule is CC1Cc2cc(/C(O)=C3\C(=O)C(=O)N(c4nnc(SCc5ccc(Cl)cc5Cl)s4)C3c3ccccc3F)ccc2O1. The molecule has 3 aromatic carbocycles. The van der Waals surface area contributed by atoms with E-state index in [0.717, 1.165) is 27.4 Å². The van der Waals surface area contributed by atoms with Crippen molar-refractivity contribution in [2.24, 2.45) is 0 Å². The smallest absolute Gasteiger partial charge is 0.301 e. The van der Waals surface area contributed by atoms with Gasteiger partial charge in [0.1, 0.15) is 29.5 Å². The van der Waals surface area contributed by atoms with Crippen LogP contribution in [0.2, 0.25) is 10.0 Å². The van der Waals surface area contributed by atoms with E-state index in [2.05, 4.69) is 10.2 Å². The largest absolute Gasteiger partial charge is 0.507 e. The Labute approximate surface area is 252 Å². The summed E-state index contributed by atoms with van der Waals surface area (Å²) < 4.78 is 21.4. The summed E-state index contributed by atoms with van der Waals surface area (Å²) in [5.41, 5.74) is 1.84. The summed E-state index contributed by atoms with van der Waals surface area (Å²) in [6, 6.07) is 14.8. The fraction of sp³-hybridized carbons (Fsp3) is 0.172. The number of amides is 1. The summed E-state index contributed by atoms with van der Waals surface area (Å²) in [7, 11) is 0. The Balaban J connectivity index is 1.39. The van der Waals surface area contributed by atoms with Gasteiger partial charge in [0, 0.05) is 33.3 Å². The fourth-order valence-corrected chi connectivity index (χ4v) is 7.31. The van der Waals surface area contributed by atoms with Crippen LogP contribution in [0.5, 0.6) is 5.75 Å². The number of carbonyl (C=O) groups is 2. The number of Topliss-reactive ketones (excluding diaryl/α,β-unsaturated/α-hetero) is 1. The number of halogens is 3. The highest BCUT2D eigenvalue weighted by Gasteiger charge is 2.49. The normalized spacial score (nSPS) is 19.5. The molecule has 0 saturated carbocycles. The van der Waals surface area contributed by atoms with Crippen molar-refractivity contribution in [3.63, 3.8) is 0 Å². The van der Waals surface area contributed by atoms with E-state index in [1.165, 1.54) is 30.0 Å². The van der Waals surface area contributed by atoms with Gasteiger partial charge in [0.2, 0.25) is 5.13 Å². The van der Waals surface area contributed by atoms with Gasteiger partial charge in [0.15, 0.2) is 4.34 Å². The number of nitrogens with zero attached hydrogens (tertiary/aromatic N) is 3. The molecule has 1 N–H and O–H groups in total. The van der Waals surface area contributed by atoms with Crippen molar-refractivity contribution < 1.29 is 23.8 Å². The van der Waals surface area contributed by atoms with Gasteiger partial charge in [-0.05, 0) is 54.4 Å². The number of aliphatic hydroxyl groups is 1. The van der Waals surface area contributed by atoms with Crippen molar-refractivity contribution in [2.75, 3.05) is 4.90 Å². The molecule has 1 fully saturated rings. The van der Waals surface area contributed by atoms with Crippen LogP contribution in [-0.4, -0.2) is 33.1 Å². The van der Waals surface area contributed by atoms with Crippen LogP contribution in [0.1, 0.15) is 35.2 Å². The van der Waals surface area contributed by atoms with Crippen molar-refractivity contribution in [1.82, 2.24) is 10.2 Å². The summed E-state index contributed by atoms with van der Waals surface area (Å²) in [4.78, 5) is 28.0. The fourth-order valence-electron chi connectivity index (χ4n) is 4.88. The van der Waals surface area contributed by atoms with Gasteiger partial charge in [-0.15, -0.1) is 10.2 Å². The molecule has 12 heteroatoms. The number of hydrogen-bond acceptors (Lipinski definition) is 8. The third-order valence-electron chi connectivity index (χ3n) is 6.78. The molecule has 0 spiro atoms. The maximum atomic E-state index is 15.2. The lowest BCUT2D eigenvalue weighted by Gasteiger charge is -2.22. The van der Waals surface area contributed by atoms with Crippen LogP contribution in [0.15, 0.2) is 70.6 Å². The van der Waals surface area contributed by atoms with Gasteiger partial charge in [0.05, 0.1) is 5.57 Å². The van der Waals surface area contributed by atoms with Gasteiger partial charge >= 0.3 is 5.91 Å². The summed E-state index contributed by atoms with van der Waals surface area (Å²) in [5, 5.41) is 20.9. The third-order valence-corrected chi connectivity index (χ3v) is 9.47. The molecule has 41 heavy (non-hydrogen) atoms. The molecule has 208 valence electrons. The first-order valence-electron chi connectivity index (χ1n) is 12.5.